The third-order valence-electron chi connectivity index (χ3n) is 4.58. The number of rotatable bonds is 8. The summed E-state index contributed by atoms with van der Waals surface area (Å²) in [4.78, 5) is 14.7. The largest absolute Gasteiger partial charge is 0.462 e. The van der Waals surface area contributed by atoms with Crippen LogP contribution in [0.4, 0.5) is 5.69 Å². The highest BCUT2D eigenvalue weighted by Crippen LogP contribution is 2.28. The fourth-order valence-corrected chi connectivity index (χ4v) is 3.60. The van der Waals surface area contributed by atoms with Crippen LogP contribution >= 0.6 is 15.9 Å². The van der Waals surface area contributed by atoms with Crippen molar-refractivity contribution in [3.8, 4) is 0 Å². The first-order valence-corrected chi connectivity index (χ1v) is 9.99. The van der Waals surface area contributed by atoms with Crippen LogP contribution in [0.3, 0.4) is 0 Å². The van der Waals surface area contributed by atoms with Gasteiger partial charge in [0.1, 0.15) is 0 Å². The molecule has 0 saturated carbocycles. The first-order chi connectivity index (χ1) is 12.1. The highest BCUT2D eigenvalue weighted by molar-refractivity contribution is 9.10. The predicted octanol–water partition coefficient (Wildman–Crippen LogP) is 3.73. The van der Waals surface area contributed by atoms with Crippen LogP contribution in [0.1, 0.15) is 60.9 Å². The molecule has 140 valence electrons. The van der Waals surface area contributed by atoms with Crippen LogP contribution in [-0.2, 0) is 11.3 Å². The van der Waals surface area contributed by atoms with Crippen molar-refractivity contribution in [3.05, 3.63) is 27.7 Å². The number of hydrogen-bond acceptors (Lipinski definition) is 5. The van der Waals surface area contributed by atoms with Crippen molar-refractivity contribution in [2.75, 3.05) is 32.0 Å². The Morgan fingerprint density at radius 3 is 2.56 bits per heavy atom. The monoisotopic (exact) mass is 412 g/mol. The van der Waals surface area contributed by atoms with Gasteiger partial charge in [0.2, 0.25) is 0 Å². The van der Waals surface area contributed by atoms with E-state index in [1.54, 1.807) is 6.07 Å². The van der Waals surface area contributed by atoms with Gasteiger partial charge in [-0.3, -0.25) is 4.90 Å². The lowest BCUT2D eigenvalue weighted by molar-refractivity contribution is 0.0496. The summed E-state index contributed by atoms with van der Waals surface area (Å²) in [5.74, 6) is -0.318. The Hall–Kier alpha value is -1.11. The normalized spacial score (nSPS) is 15.8. The van der Waals surface area contributed by atoms with E-state index in [-0.39, 0.29) is 12.6 Å². The molecular weight excluding hydrogens is 384 g/mol. The molecule has 25 heavy (non-hydrogen) atoms. The van der Waals surface area contributed by atoms with E-state index in [0.29, 0.717) is 17.9 Å². The van der Waals surface area contributed by atoms with E-state index in [1.165, 1.54) is 25.7 Å². The summed E-state index contributed by atoms with van der Waals surface area (Å²) in [5, 5.41) is 8.76. The number of carbonyl (C=O) groups excluding carboxylic acids is 1. The van der Waals surface area contributed by atoms with Crippen molar-refractivity contribution in [2.45, 2.75) is 51.5 Å². The number of unbranched alkanes of at least 4 members (excludes halogenated alkanes) is 2. The van der Waals surface area contributed by atoms with Crippen LogP contribution in [-0.4, -0.2) is 42.3 Å². The molecule has 0 unspecified atom stereocenters. The second-order valence-corrected chi connectivity index (χ2v) is 7.50. The molecule has 6 heteroatoms. The molecule has 0 radical (unpaired) electrons. The van der Waals surface area contributed by atoms with Gasteiger partial charge < -0.3 is 15.6 Å². The number of likely N-dealkylation sites (tertiary alicyclic amines) is 1. The Morgan fingerprint density at radius 2 is 1.88 bits per heavy atom. The summed E-state index contributed by atoms with van der Waals surface area (Å²) in [6, 6.07) is 3.60. The lowest BCUT2D eigenvalue weighted by Crippen LogP contribution is -2.24. The van der Waals surface area contributed by atoms with Gasteiger partial charge in [-0.15, -0.1) is 0 Å². The van der Waals surface area contributed by atoms with Crippen LogP contribution in [0.5, 0.6) is 0 Å². The third kappa shape index (κ3) is 6.60. The quantitative estimate of drug-likeness (QED) is 0.386. The van der Waals surface area contributed by atoms with Crippen LogP contribution in [0.2, 0.25) is 0 Å². The molecule has 3 N–H and O–H groups in total. The molecule has 1 aliphatic rings. The van der Waals surface area contributed by atoms with Crippen LogP contribution in [0, 0.1) is 0 Å². The third-order valence-corrected chi connectivity index (χ3v) is 5.24. The number of aliphatic hydroxyl groups excluding tert-OH is 1. The van der Waals surface area contributed by atoms with E-state index in [9.17, 15) is 4.79 Å². The van der Waals surface area contributed by atoms with Crippen molar-refractivity contribution >= 4 is 27.6 Å². The molecule has 1 aliphatic heterocycles. The predicted molar refractivity (Wildman–Crippen MR) is 104 cm³/mol. The van der Waals surface area contributed by atoms with Gasteiger partial charge in [0.15, 0.2) is 0 Å². The Kier molecular flexibility index (Phi) is 8.72. The van der Waals surface area contributed by atoms with Crippen molar-refractivity contribution < 1.29 is 14.6 Å². The number of nitrogens with zero attached hydrogens (tertiary/aromatic N) is 1. The maximum atomic E-state index is 12.3. The van der Waals surface area contributed by atoms with E-state index in [1.807, 2.05) is 6.07 Å². The molecule has 0 aliphatic carbocycles. The standard InChI is InChI=1S/C19H29BrN2O3/c20-17-13-15(19(24)25-11-7-3-6-10-23)12-16(18(17)21)14-22-8-4-1-2-5-9-22/h12-13,23H,1-11,14,21H2. The fraction of sp³-hybridized carbons (Fsp3) is 0.632. The zero-order valence-electron chi connectivity index (χ0n) is 14.8. The number of aliphatic hydroxyl groups is 1. The zero-order chi connectivity index (χ0) is 18.1. The number of carbonyl (C=O) groups is 1. The zero-order valence-corrected chi connectivity index (χ0v) is 16.4. The summed E-state index contributed by atoms with van der Waals surface area (Å²) in [6.07, 6.45) is 7.38. The van der Waals surface area contributed by atoms with Crippen molar-refractivity contribution in [1.29, 1.82) is 0 Å². The topological polar surface area (TPSA) is 75.8 Å². The smallest absolute Gasteiger partial charge is 0.338 e. The summed E-state index contributed by atoms with van der Waals surface area (Å²) in [5.41, 5.74) is 8.42. The first-order valence-electron chi connectivity index (χ1n) is 9.20. The van der Waals surface area contributed by atoms with Gasteiger partial charge in [-0.05, 0) is 78.8 Å². The molecule has 0 spiro atoms. The van der Waals surface area contributed by atoms with Gasteiger partial charge in [-0.25, -0.2) is 4.79 Å². The molecule has 0 bridgehead atoms. The minimum Gasteiger partial charge on any atom is -0.462 e. The summed E-state index contributed by atoms with van der Waals surface area (Å²) in [6.45, 7) is 3.48. The van der Waals surface area contributed by atoms with Gasteiger partial charge >= 0.3 is 5.97 Å². The number of anilines is 1. The lowest BCUT2D eigenvalue weighted by Gasteiger charge is -2.21. The second kappa shape index (κ2) is 10.8. The van der Waals surface area contributed by atoms with Crippen molar-refractivity contribution in [1.82, 2.24) is 4.90 Å². The summed E-state index contributed by atoms with van der Waals surface area (Å²) < 4.78 is 6.08. The molecule has 1 aromatic carbocycles. The number of benzene rings is 1. The average Bonchev–Trinajstić information content (AvgIpc) is 2.87. The van der Waals surface area contributed by atoms with Crippen LogP contribution in [0.15, 0.2) is 16.6 Å². The van der Waals surface area contributed by atoms with E-state index < -0.39 is 0 Å². The van der Waals surface area contributed by atoms with E-state index in [0.717, 1.165) is 48.9 Å². The number of esters is 1. The number of ether oxygens (including phenoxy) is 1. The SMILES string of the molecule is Nc1c(Br)cc(C(=O)OCCCCCO)cc1CN1CCCCCC1. The number of nitrogens with two attached hydrogens (primary N) is 1. The fourth-order valence-electron chi connectivity index (χ4n) is 3.10. The van der Waals surface area contributed by atoms with Gasteiger partial charge in [-0.1, -0.05) is 12.8 Å². The van der Waals surface area contributed by atoms with Gasteiger partial charge in [-0.2, -0.15) is 0 Å². The molecule has 1 aromatic rings. The number of halogens is 1. The summed E-state index contributed by atoms with van der Waals surface area (Å²) >= 11 is 3.47. The number of hydrogen-bond donors (Lipinski definition) is 2. The van der Waals surface area contributed by atoms with Gasteiger partial charge in [0.25, 0.3) is 0 Å². The minimum atomic E-state index is -0.318. The molecule has 5 nitrogen and oxygen atoms in total. The maximum Gasteiger partial charge on any atom is 0.338 e. The van der Waals surface area contributed by atoms with E-state index >= 15 is 0 Å². The molecule has 0 amide bonds. The molecular formula is C19H29BrN2O3. The van der Waals surface area contributed by atoms with E-state index in [4.69, 9.17) is 15.6 Å². The molecule has 0 aromatic heterocycles. The Balaban J connectivity index is 1.99. The van der Waals surface area contributed by atoms with Gasteiger partial charge in [0, 0.05) is 17.6 Å². The molecule has 1 heterocycles. The molecule has 2 rings (SSSR count). The Labute approximate surface area is 158 Å². The first kappa shape index (κ1) is 20.2. The van der Waals surface area contributed by atoms with E-state index in [2.05, 4.69) is 20.8 Å². The Bertz CT molecular complexity index is 558. The average molecular weight is 413 g/mol. The van der Waals surface area contributed by atoms with Crippen LogP contribution < -0.4 is 5.73 Å². The molecule has 1 saturated heterocycles. The number of nitrogen functional groups attached to an aromatic ring is 1. The second-order valence-electron chi connectivity index (χ2n) is 6.64. The summed E-state index contributed by atoms with van der Waals surface area (Å²) in [7, 11) is 0. The highest BCUT2D eigenvalue weighted by Gasteiger charge is 2.16. The minimum absolute atomic E-state index is 0.179. The Morgan fingerprint density at radius 1 is 1.16 bits per heavy atom. The molecule has 1 fully saturated rings. The van der Waals surface area contributed by atoms with Crippen LogP contribution in [0.25, 0.3) is 0 Å². The highest BCUT2D eigenvalue weighted by atomic mass is 79.9. The van der Waals surface area contributed by atoms with Gasteiger partial charge in [0.05, 0.1) is 17.9 Å². The lowest BCUT2D eigenvalue weighted by atomic mass is 10.1. The molecule has 0 atom stereocenters. The van der Waals surface area contributed by atoms with Crippen molar-refractivity contribution in [2.24, 2.45) is 0 Å². The van der Waals surface area contributed by atoms with Crippen molar-refractivity contribution in [3.63, 3.8) is 0 Å². The maximum absolute atomic E-state index is 12.3.